The van der Waals surface area contributed by atoms with Crippen LogP contribution >= 0.6 is 0 Å². The number of ether oxygens (including phenoxy) is 1. The Kier molecular flexibility index (Phi) is 6.85. The summed E-state index contributed by atoms with van der Waals surface area (Å²) in [5.74, 6) is -0.353. The van der Waals surface area contributed by atoms with Crippen LogP contribution in [0.2, 0.25) is 0 Å². The predicted octanol–water partition coefficient (Wildman–Crippen LogP) is 3.17. The fraction of sp³-hybridized carbons (Fsp3) is 0.440. The summed E-state index contributed by atoms with van der Waals surface area (Å²) in [5.41, 5.74) is 4.16. The number of aromatic nitrogens is 2. The third-order valence-corrected chi connectivity index (χ3v) is 6.47. The van der Waals surface area contributed by atoms with Crippen LogP contribution in [-0.2, 0) is 11.3 Å². The van der Waals surface area contributed by atoms with Crippen molar-refractivity contribution < 1.29 is 18.6 Å². The second kappa shape index (κ2) is 10.2. The van der Waals surface area contributed by atoms with Gasteiger partial charge < -0.3 is 25.0 Å². The van der Waals surface area contributed by atoms with Gasteiger partial charge in [0, 0.05) is 50.0 Å². The summed E-state index contributed by atoms with van der Waals surface area (Å²) < 4.78 is 33.5. The maximum atomic E-state index is 14.0. The normalized spacial score (nSPS) is 18.7. The predicted molar refractivity (Wildman–Crippen MR) is 127 cm³/mol. The van der Waals surface area contributed by atoms with E-state index in [1.54, 1.807) is 6.20 Å². The van der Waals surface area contributed by atoms with Crippen molar-refractivity contribution >= 4 is 22.5 Å². The summed E-state index contributed by atoms with van der Waals surface area (Å²) in [4.78, 5) is 14.0. The minimum absolute atomic E-state index is 0.0602. The van der Waals surface area contributed by atoms with Crippen LogP contribution in [0.1, 0.15) is 30.0 Å². The molecule has 180 valence electrons. The van der Waals surface area contributed by atoms with Crippen LogP contribution in [0.3, 0.4) is 0 Å². The third kappa shape index (κ3) is 4.82. The van der Waals surface area contributed by atoms with E-state index in [1.165, 1.54) is 12.1 Å². The number of hydrogen-bond donors (Lipinski definition) is 2. The van der Waals surface area contributed by atoms with Crippen LogP contribution in [0.4, 0.5) is 20.3 Å². The number of morpholine rings is 1. The monoisotopic (exact) mass is 469 g/mol. The van der Waals surface area contributed by atoms with Crippen molar-refractivity contribution in [2.24, 2.45) is 0 Å². The molecule has 1 unspecified atom stereocenters. The molecule has 0 spiro atoms. The van der Waals surface area contributed by atoms with E-state index in [4.69, 9.17) is 19.8 Å². The molecule has 0 amide bonds. The molecule has 3 aromatic rings. The maximum Gasteiger partial charge on any atom is 0.148 e. The molecule has 9 heteroatoms. The van der Waals surface area contributed by atoms with Crippen LogP contribution < -0.4 is 15.1 Å². The lowest BCUT2D eigenvalue weighted by Crippen LogP contribution is -2.36. The van der Waals surface area contributed by atoms with Gasteiger partial charge in [0.15, 0.2) is 0 Å². The number of benzene rings is 2. The summed E-state index contributed by atoms with van der Waals surface area (Å²) in [6, 6.07) is 7.74. The molecule has 0 bridgehead atoms. The Hall–Kier alpha value is -2.88. The Labute approximate surface area is 197 Å². The lowest BCUT2D eigenvalue weighted by Gasteiger charge is -2.30. The van der Waals surface area contributed by atoms with Crippen molar-refractivity contribution in [2.75, 3.05) is 55.8 Å². The van der Waals surface area contributed by atoms with E-state index >= 15 is 0 Å². The molecular weight excluding hydrogens is 440 g/mol. The lowest BCUT2D eigenvalue weighted by atomic mass is 9.99. The number of rotatable bonds is 7. The van der Waals surface area contributed by atoms with Crippen LogP contribution in [-0.4, -0.2) is 61.1 Å². The highest BCUT2D eigenvalue weighted by atomic mass is 19.1. The number of aliphatic hydroxyl groups is 1. The second-order valence-electron chi connectivity index (χ2n) is 8.76. The van der Waals surface area contributed by atoms with E-state index in [9.17, 15) is 8.78 Å². The largest absolute Gasteiger partial charge is 0.395 e. The van der Waals surface area contributed by atoms with Gasteiger partial charge in [-0.3, -0.25) is 4.98 Å². The number of anilines is 2. The van der Waals surface area contributed by atoms with E-state index in [0.29, 0.717) is 38.5 Å². The number of aliphatic hydroxyl groups excluding tert-OH is 1. The zero-order chi connectivity index (χ0) is 23.5. The van der Waals surface area contributed by atoms with E-state index < -0.39 is 11.6 Å². The first-order valence-electron chi connectivity index (χ1n) is 11.8. The minimum Gasteiger partial charge on any atom is -0.395 e. The molecule has 34 heavy (non-hydrogen) atoms. The summed E-state index contributed by atoms with van der Waals surface area (Å²) in [7, 11) is 0. The van der Waals surface area contributed by atoms with Crippen LogP contribution in [0.15, 0.2) is 36.5 Å². The molecule has 2 saturated heterocycles. The summed E-state index contributed by atoms with van der Waals surface area (Å²) in [5, 5.41) is 12.4. The molecular formula is C25H29F2N5O2. The van der Waals surface area contributed by atoms with Crippen molar-refractivity contribution in [3.8, 4) is 0 Å². The molecule has 5 rings (SSSR count). The van der Waals surface area contributed by atoms with Gasteiger partial charge in [-0.05, 0) is 36.6 Å². The molecule has 2 N–H and O–H groups in total. The quantitative estimate of drug-likeness (QED) is 0.515. The number of hydrogen-bond acceptors (Lipinski definition) is 7. The first-order chi connectivity index (χ1) is 16.6. The van der Waals surface area contributed by atoms with Crippen LogP contribution in [0.25, 0.3) is 11.0 Å². The molecule has 1 atom stereocenters. The lowest BCUT2D eigenvalue weighted by molar-refractivity contribution is 0.122. The molecule has 3 heterocycles. The number of nitrogens with one attached hydrogen (secondary N) is 1. The Bertz CT molecular complexity index is 1140. The molecule has 7 nitrogen and oxygen atoms in total. The van der Waals surface area contributed by atoms with E-state index in [0.717, 1.165) is 60.0 Å². The second-order valence-corrected chi connectivity index (χ2v) is 8.76. The van der Waals surface area contributed by atoms with Gasteiger partial charge in [0.05, 0.1) is 43.1 Å². The van der Waals surface area contributed by atoms with Gasteiger partial charge in [-0.15, -0.1) is 0 Å². The SMILES string of the molecule is OCCNCc1cc(C2CCCN2c2cc(F)cc(F)c2)c2nc(N3CCOCC3)cnc2c1. The van der Waals surface area contributed by atoms with Gasteiger partial charge in [-0.2, -0.15) is 0 Å². The first kappa shape index (κ1) is 22.9. The van der Waals surface area contributed by atoms with Gasteiger partial charge in [0.25, 0.3) is 0 Å². The van der Waals surface area contributed by atoms with Crippen molar-refractivity contribution in [3.05, 3.63) is 59.3 Å². The van der Waals surface area contributed by atoms with Gasteiger partial charge in [0.2, 0.25) is 0 Å². The molecule has 0 saturated carbocycles. The van der Waals surface area contributed by atoms with Gasteiger partial charge in [-0.25, -0.2) is 13.8 Å². The average Bonchev–Trinajstić information content (AvgIpc) is 3.33. The molecule has 2 aliphatic heterocycles. The highest BCUT2D eigenvalue weighted by molar-refractivity contribution is 5.81. The smallest absolute Gasteiger partial charge is 0.148 e. The van der Waals surface area contributed by atoms with Crippen LogP contribution in [0.5, 0.6) is 0 Å². The number of nitrogens with zero attached hydrogens (tertiary/aromatic N) is 4. The topological polar surface area (TPSA) is 73.8 Å². The van der Waals surface area contributed by atoms with Crippen molar-refractivity contribution in [1.29, 1.82) is 0 Å². The standard InChI is InChI=1S/C25H29F2N5O2/c26-18-12-19(27)14-20(13-18)32-4-1-2-23(32)21-10-17(15-28-3-7-33)11-22-25(21)30-24(16-29-22)31-5-8-34-9-6-31/h10-14,16,23,28,33H,1-9,15H2. The third-order valence-electron chi connectivity index (χ3n) is 6.47. The van der Waals surface area contributed by atoms with E-state index in [1.807, 2.05) is 6.07 Å². The summed E-state index contributed by atoms with van der Waals surface area (Å²) in [6.45, 7) is 4.68. The highest BCUT2D eigenvalue weighted by Crippen LogP contribution is 2.39. The molecule has 2 aliphatic rings. The molecule has 2 fully saturated rings. The van der Waals surface area contributed by atoms with Gasteiger partial charge >= 0.3 is 0 Å². The Balaban J connectivity index is 1.58. The Morgan fingerprint density at radius 1 is 1.06 bits per heavy atom. The first-order valence-corrected chi connectivity index (χ1v) is 11.8. The Morgan fingerprint density at radius 3 is 2.62 bits per heavy atom. The van der Waals surface area contributed by atoms with Gasteiger partial charge in [-0.1, -0.05) is 6.07 Å². The fourth-order valence-electron chi connectivity index (χ4n) is 4.91. The van der Waals surface area contributed by atoms with E-state index in [2.05, 4.69) is 21.2 Å². The van der Waals surface area contributed by atoms with Crippen LogP contribution in [0, 0.1) is 11.6 Å². The zero-order valence-electron chi connectivity index (χ0n) is 19.0. The zero-order valence-corrected chi connectivity index (χ0v) is 19.0. The molecule has 0 radical (unpaired) electrons. The maximum absolute atomic E-state index is 14.0. The number of fused-ring (bicyclic) bond motifs is 1. The minimum atomic E-state index is -0.582. The fourth-order valence-corrected chi connectivity index (χ4v) is 4.91. The van der Waals surface area contributed by atoms with E-state index in [-0.39, 0.29) is 12.6 Å². The number of halogens is 2. The van der Waals surface area contributed by atoms with Gasteiger partial charge in [0.1, 0.15) is 17.5 Å². The molecule has 0 aliphatic carbocycles. The molecule has 2 aromatic carbocycles. The average molecular weight is 470 g/mol. The Morgan fingerprint density at radius 2 is 1.85 bits per heavy atom. The van der Waals surface area contributed by atoms with Crippen molar-refractivity contribution in [1.82, 2.24) is 15.3 Å². The highest BCUT2D eigenvalue weighted by Gasteiger charge is 2.30. The van der Waals surface area contributed by atoms with Crippen molar-refractivity contribution in [2.45, 2.75) is 25.4 Å². The molecule has 1 aromatic heterocycles. The summed E-state index contributed by atoms with van der Waals surface area (Å²) in [6.07, 6.45) is 3.56. The summed E-state index contributed by atoms with van der Waals surface area (Å²) >= 11 is 0. The van der Waals surface area contributed by atoms with Crippen molar-refractivity contribution in [3.63, 3.8) is 0 Å².